The molecule has 2 unspecified atom stereocenters. The van der Waals surface area contributed by atoms with Gasteiger partial charge in [-0.05, 0) is 5.56 Å². The number of imide groups is 1. The van der Waals surface area contributed by atoms with E-state index in [9.17, 15) is 14.7 Å². The van der Waals surface area contributed by atoms with Crippen LogP contribution in [0, 0.1) is 0 Å². The minimum absolute atomic E-state index is 0.438. The standard InChI is InChI=1S/C10H8INO3/c11-7-8(13)12-9(14)10(7,15)6-4-2-1-3-5-6/h1-5,7,15H,(H,12,13,14). The molecule has 4 nitrogen and oxygen atoms in total. The number of amides is 2. The summed E-state index contributed by atoms with van der Waals surface area (Å²) >= 11 is 1.77. The smallest absolute Gasteiger partial charge is 0.264 e. The molecule has 2 N–H and O–H groups in total. The summed E-state index contributed by atoms with van der Waals surface area (Å²) in [5, 5.41) is 12.3. The monoisotopic (exact) mass is 317 g/mol. The molecule has 1 aromatic rings. The highest BCUT2D eigenvalue weighted by atomic mass is 127. The Kier molecular flexibility index (Phi) is 2.51. The largest absolute Gasteiger partial charge is 0.374 e. The third-order valence-corrected chi connectivity index (χ3v) is 3.86. The summed E-state index contributed by atoms with van der Waals surface area (Å²) in [5.41, 5.74) is -1.30. The van der Waals surface area contributed by atoms with Crippen molar-refractivity contribution in [2.45, 2.75) is 9.53 Å². The predicted octanol–water partition coefficient (Wildman–Crippen LogP) is 0.334. The van der Waals surface area contributed by atoms with E-state index in [0.717, 1.165) is 0 Å². The van der Waals surface area contributed by atoms with Crippen LogP contribution in [0.1, 0.15) is 5.56 Å². The van der Waals surface area contributed by atoms with Gasteiger partial charge in [0.1, 0.15) is 3.92 Å². The van der Waals surface area contributed by atoms with Crippen molar-refractivity contribution in [3.63, 3.8) is 0 Å². The normalized spacial score (nSPS) is 30.4. The van der Waals surface area contributed by atoms with Crippen molar-refractivity contribution in [1.82, 2.24) is 5.32 Å². The van der Waals surface area contributed by atoms with Crippen molar-refractivity contribution in [3.8, 4) is 0 Å². The van der Waals surface area contributed by atoms with Gasteiger partial charge in [0.25, 0.3) is 5.91 Å². The van der Waals surface area contributed by atoms with Gasteiger partial charge in [-0.2, -0.15) is 0 Å². The van der Waals surface area contributed by atoms with Crippen molar-refractivity contribution < 1.29 is 14.7 Å². The van der Waals surface area contributed by atoms with E-state index in [1.54, 1.807) is 52.9 Å². The zero-order valence-electron chi connectivity index (χ0n) is 7.61. The van der Waals surface area contributed by atoms with Crippen LogP contribution in [0.15, 0.2) is 30.3 Å². The number of halogens is 1. The molecule has 0 radical (unpaired) electrons. The summed E-state index contributed by atoms with van der Waals surface area (Å²) in [4.78, 5) is 22.8. The number of hydrogen-bond donors (Lipinski definition) is 2. The molecule has 0 spiro atoms. The second kappa shape index (κ2) is 3.57. The number of aliphatic hydroxyl groups is 1. The van der Waals surface area contributed by atoms with E-state index < -0.39 is 21.3 Å². The quantitative estimate of drug-likeness (QED) is 0.446. The highest BCUT2D eigenvalue weighted by Crippen LogP contribution is 2.34. The molecule has 2 atom stereocenters. The van der Waals surface area contributed by atoms with Crippen LogP contribution >= 0.6 is 22.6 Å². The predicted molar refractivity (Wildman–Crippen MR) is 61.3 cm³/mol. The molecule has 78 valence electrons. The van der Waals surface area contributed by atoms with E-state index >= 15 is 0 Å². The zero-order valence-corrected chi connectivity index (χ0v) is 9.76. The van der Waals surface area contributed by atoms with E-state index in [2.05, 4.69) is 5.32 Å². The first-order valence-electron chi connectivity index (χ1n) is 4.34. The van der Waals surface area contributed by atoms with Crippen LogP contribution < -0.4 is 5.32 Å². The highest BCUT2D eigenvalue weighted by Gasteiger charge is 2.54. The van der Waals surface area contributed by atoms with Crippen LogP contribution in [0.25, 0.3) is 0 Å². The highest BCUT2D eigenvalue weighted by molar-refractivity contribution is 14.1. The van der Waals surface area contributed by atoms with Crippen molar-refractivity contribution >= 4 is 34.4 Å². The summed E-state index contributed by atoms with van der Waals surface area (Å²) in [6.45, 7) is 0. The SMILES string of the molecule is O=C1NC(=O)C(O)(c2ccccc2)C1I. The Labute approximate surface area is 99.8 Å². The molecule has 1 saturated heterocycles. The Morgan fingerprint density at radius 2 is 1.87 bits per heavy atom. The molecule has 1 aliphatic rings. The van der Waals surface area contributed by atoms with Gasteiger partial charge >= 0.3 is 0 Å². The lowest BCUT2D eigenvalue weighted by Gasteiger charge is -2.22. The number of hydrogen-bond acceptors (Lipinski definition) is 3. The van der Waals surface area contributed by atoms with Crippen molar-refractivity contribution in [2.75, 3.05) is 0 Å². The van der Waals surface area contributed by atoms with Crippen LogP contribution in [0.2, 0.25) is 0 Å². The summed E-state index contributed by atoms with van der Waals surface area (Å²) in [5.74, 6) is -1.11. The Morgan fingerprint density at radius 3 is 2.33 bits per heavy atom. The zero-order chi connectivity index (χ0) is 11.1. The molecule has 1 fully saturated rings. The molecule has 1 heterocycles. The number of carbonyl (C=O) groups excluding carboxylic acids is 2. The van der Waals surface area contributed by atoms with Crippen LogP contribution in [-0.4, -0.2) is 20.8 Å². The molecular formula is C10H8INO3. The third kappa shape index (κ3) is 1.46. The van der Waals surface area contributed by atoms with Crippen LogP contribution in [0.4, 0.5) is 0 Å². The van der Waals surface area contributed by atoms with E-state index in [-0.39, 0.29) is 0 Å². The number of alkyl halides is 1. The molecular weight excluding hydrogens is 309 g/mol. The Hall–Kier alpha value is -0.950. The third-order valence-electron chi connectivity index (χ3n) is 2.39. The van der Waals surface area contributed by atoms with Gasteiger partial charge in [0, 0.05) is 0 Å². The van der Waals surface area contributed by atoms with Crippen molar-refractivity contribution in [1.29, 1.82) is 0 Å². The van der Waals surface area contributed by atoms with E-state index in [4.69, 9.17) is 0 Å². The van der Waals surface area contributed by atoms with E-state index in [1.807, 2.05) is 0 Å². The van der Waals surface area contributed by atoms with Gasteiger partial charge in [-0.1, -0.05) is 52.9 Å². The molecule has 0 aromatic heterocycles. The van der Waals surface area contributed by atoms with Crippen LogP contribution in [0.5, 0.6) is 0 Å². The molecule has 2 rings (SSSR count). The molecule has 1 aromatic carbocycles. The molecule has 15 heavy (non-hydrogen) atoms. The number of nitrogens with one attached hydrogen (secondary N) is 1. The topological polar surface area (TPSA) is 66.4 Å². The van der Waals surface area contributed by atoms with Crippen LogP contribution in [0.3, 0.4) is 0 Å². The van der Waals surface area contributed by atoms with Gasteiger partial charge in [0.15, 0.2) is 5.60 Å². The lowest BCUT2D eigenvalue weighted by Crippen LogP contribution is -2.40. The van der Waals surface area contributed by atoms with Gasteiger partial charge in [0.2, 0.25) is 5.91 Å². The number of rotatable bonds is 1. The molecule has 2 amide bonds. The second-order valence-electron chi connectivity index (χ2n) is 3.31. The average molecular weight is 317 g/mol. The fourth-order valence-corrected chi connectivity index (χ4v) is 2.34. The summed E-state index contributed by atoms with van der Waals surface area (Å²) < 4.78 is -0.787. The lowest BCUT2D eigenvalue weighted by atomic mass is 9.92. The van der Waals surface area contributed by atoms with Gasteiger partial charge in [-0.15, -0.1) is 0 Å². The summed E-state index contributed by atoms with van der Waals surface area (Å²) in [6, 6.07) is 8.47. The van der Waals surface area contributed by atoms with Gasteiger partial charge in [-0.25, -0.2) is 0 Å². The first-order chi connectivity index (χ1) is 7.06. The maximum absolute atomic E-state index is 11.5. The molecule has 0 bridgehead atoms. The maximum Gasteiger partial charge on any atom is 0.264 e. The summed E-state index contributed by atoms with van der Waals surface area (Å²) in [6.07, 6.45) is 0. The fourth-order valence-electron chi connectivity index (χ4n) is 1.55. The summed E-state index contributed by atoms with van der Waals surface area (Å²) in [7, 11) is 0. The Bertz CT molecular complexity index is 420. The Balaban J connectivity index is 2.51. The molecule has 5 heteroatoms. The molecule has 0 saturated carbocycles. The van der Waals surface area contributed by atoms with Crippen molar-refractivity contribution in [2.24, 2.45) is 0 Å². The van der Waals surface area contributed by atoms with Crippen LogP contribution in [-0.2, 0) is 15.2 Å². The van der Waals surface area contributed by atoms with E-state index in [0.29, 0.717) is 5.56 Å². The van der Waals surface area contributed by atoms with Gasteiger partial charge < -0.3 is 5.11 Å². The minimum atomic E-state index is -1.74. The minimum Gasteiger partial charge on any atom is -0.374 e. The second-order valence-corrected chi connectivity index (χ2v) is 4.56. The maximum atomic E-state index is 11.5. The number of carbonyl (C=O) groups is 2. The molecule has 1 aliphatic heterocycles. The van der Waals surface area contributed by atoms with Gasteiger partial charge in [0.05, 0.1) is 0 Å². The number of benzene rings is 1. The van der Waals surface area contributed by atoms with Crippen molar-refractivity contribution in [3.05, 3.63) is 35.9 Å². The Morgan fingerprint density at radius 1 is 1.27 bits per heavy atom. The first-order valence-corrected chi connectivity index (χ1v) is 5.58. The average Bonchev–Trinajstić information content (AvgIpc) is 2.45. The fraction of sp³-hybridized carbons (Fsp3) is 0.200. The lowest BCUT2D eigenvalue weighted by molar-refractivity contribution is -0.135. The first kappa shape index (κ1) is 10.6. The molecule has 0 aliphatic carbocycles. The van der Waals surface area contributed by atoms with E-state index in [1.165, 1.54) is 0 Å². The van der Waals surface area contributed by atoms with Gasteiger partial charge in [-0.3, -0.25) is 14.9 Å².